The van der Waals surface area contributed by atoms with Crippen molar-refractivity contribution in [3.8, 4) is 0 Å². The monoisotopic (exact) mass is 730 g/mol. The minimum atomic E-state index is -0.965. The molecular weight excluding hydrogens is 669 g/mol. The standard InChI is InChI=1S/C34H62N6O7S2/c1-31(2,3)35-21(27(43)37-33(7,8)9)19-48-23-17-25(41)39(29(23)45)13-15-47-16-14-40-26(42)18-24(30(40)46)49-20-22(36-32(4,5)6)28(44)38-34(10,11)12/h21-25,35-36,41H,13-20H2,1-12H3,(H,37,43)(H,38,44)/t21-,22-,23?,24?,25?/m0/s1. The van der Waals surface area contributed by atoms with Gasteiger partial charge in [-0.2, -0.15) is 0 Å². The van der Waals surface area contributed by atoms with Crippen LogP contribution in [0.2, 0.25) is 0 Å². The summed E-state index contributed by atoms with van der Waals surface area (Å²) < 4.78 is 5.69. The van der Waals surface area contributed by atoms with Gasteiger partial charge >= 0.3 is 0 Å². The number of hydrogen-bond donors (Lipinski definition) is 5. The Morgan fingerprint density at radius 2 is 1.18 bits per heavy atom. The first-order valence-corrected chi connectivity index (χ1v) is 19.2. The first-order chi connectivity index (χ1) is 22.3. The van der Waals surface area contributed by atoms with E-state index in [9.17, 15) is 29.1 Å². The van der Waals surface area contributed by atoms with E-state index in [4.69, 9.17) is 4.74 Å². The molecule has 2 aliphatic heterocycles. The Morgan fingerprint density at radius 1 is 0.735 bits per heavy atom. The molecule has 282 valence electrons. The summed E-state index contributed by atoms with van der Waals surface area (Å²) in [5, 5.41) is 22.2. The first kappa shape index (κ1) is 43.3. The van der Waals surface area contributed by atoms with Crippen LogP contribution in [0.4, 0.5) is 0 Å². The highest BCUT2D eigenvalue weighted by molar-refractivity contribution is 8.01. The van der Waals surface area contributed by atoms with Crippen LogP contribution in [0.25, 0.3) is 0 Å². The molecule has 0 aromatic rings. The van der Waals surface area contributed by atoms with E-state index in [0.29, 0.717) is 11.5 Å². The predicted octanol–water partition coefficient (Wildman–Crippen LogP) is 1.86. The second kappa shape index (κ2) is 17.5. The summed E-state index contributed by atoms with van der Waals surface area (Å²) in [6, 6.07) is -1.06. The van der Waals surface area contributed by atoms with Gasteiger partial charge in [0.25, 0.3) is 0 Å². The van der Waals surface area contributed by atoms with E-state index < -0.39 is 39.9 Å². The highest BCUT2D eigenvalue weighted by atomic mass is 32.2. The van der Waals surface area contributed by atoms with E-state index in [0.717, 1.165) is 0 Å². The Bertz CT molecular complexity index is 1180. The van der Waals surface area contributed by atoms with Gasteiger partial charge in [-0.25, -0.2) is 0 Å². The van der Waals surface area contributed by atoms with Crippen LogP contribution >= 0.6 is 23.5 Å². The maximum absolute atomic E-state index is 13.1. The van der Waals surface area contributed by atoms with Gasteiger partial charge in [0.1, 0.15) is 6.23 Å². The molecule has 2 saturated heterocycles. The summed E-state index contributed by atoms with van der Waals surface area (Å²) in [5.74, 6) is -0.411. The fourth-order valence-corrected chi connectivity index (χ4v) is 7.77. The van der Waals surface area contributed by atoms with Crippen molar-refractivity contribution in [3.05, 3.63) is 0 Å². The molecule has 13 nitrogen and oxygen atoms in total. The van der Waals surface area contributed by atoms with Gasteiger partial charge in [-0.1, -0.05) is 0 Å². The summed E-state index contributed by atoms with van der Waals surface area (Å²) in [6.45, 7) is 23.8. The van der Waals surface area contributed by atoms with Crippen molar-refractivity contribution in [1.29, 1.82) is 0 Å². The van der Waals surface area contributed by atoms with Crippen molar-refractivity contribution < 1.29 is 33.8 Å². The van der Waals surface area contributed by atoms with E-state index in [2.05, 4.69) is 21.3 Å². The van der Waals surface area contributed by atoms with E-state index >= 15 is 0 Å². The average molecular weight is 731 g/mol. The Morgan fingerprint density at radius 3 is 1.63 bits per heavy atom. The second-order valence-corrected chi connectivity index (χ2v) is 19.4. The quantitative estimate of drug-likeness (QED) is 0.116. The molecule has 3 unspecified atom stereocenters. The number of nitrogens with one attached hydrogen (secondary N) is 4. The number of carbonyl (C=O) groups is 5. The Balaban J connectivity index is 1.83. The van der Waals surface area contributed by atoms with Gasteiger partial charge in [0.05, 0.1) is 42.3 Å². The predicted molar refractivity (Wildman–Crippen MR) is 196 cm³/mol. The molecule has 0 bridgehead atoms. The largest absolute Gasteiger partial charge is 0.378 e. The molecule has 0 saturated carbocycles. The Labute approximate surface area is 301 Å². The summed E-state index contributed by atoms with van der Waals surface area (Å²) >= 11 is 2.65. The number of amides is 5. The molecule has 2 rings (SSSR count). The molecule has 5 atom stereocenters. The van der Waals surface area contributed by atoms with Crippen molar-refractivity contribution in [1.82, 2.24) is 31.1 Å². The topological polar surface area (TPSA) is 169 Å². The molecule has 15 heteroatoms. The van der Waals surface area contributed by atoms with Crippen LogP contribution in [-0.2, 0) is 28.7 Å². The van der Waals surface area contributed by atoms with Crippen LogP contribution in [0.1, 0.15) is 95.9 Å². The van der Waals surface area contributed by atoms with Crippen LogP contribution < -0.4 is 21.3 Å². The van der Waals surface area contributed by atoms with E-state index in [1.165, 1.54) is 33.3 Å². The lowest BCUT2D eigenvalue weighted by molar-refractivity contribution is -0.139. The third-order valence-electron chi connectivity index (χ3n) is 7.25. The number of carbonyl (C=O) groups excluding carboxylic acids is 5. The van der Waals surface area contributed by atoms with Gasteiger partial charge in [-0.15, -0.1) is 23.5 Å². The zero-order valence-electron chi connectivity index (χ0n) is 31.7. The Kier molecular flexibility index (Phi) is 15.5. The zero-order valence-corrected chi connectivity index (χ0v) is 33.3. The van der Waals surface area contributed by atoms with E-state index in [1.807, 2.05) is 83.1 Å². The van der Waals surface area contributed by atoms with Crippen molar-refractivity contribution in [2.75, 3.05) is 37.8 Å². The SMILES string of the molecule is CC(C)(C)NC(=O)[C@H](CSC1CC(=O)N(CCOCCN2C(=O)C(SC[C@H](NC(C)(C)C)C(=O)NC(C)(C)C)CC2O)C1=O)NC(C)(C)C. The highest BCUT2D eigenvalue weighted by Crippen LogP contribution is 2.29. The molecule has 0 aromatic heterocycles. The van der Waals surface area contributed by atoms with E-state index in [-0.39, 0.29) is 79.8 Å². The fraction of sp³-hybridized carbons (Fsp3) is 0.853. The molecule has 2 aliphatic rings. The lowest BCUT2D eigenvalue weighted by Crippen LogP contribution is -2.56. The number of hydrogen-bond acceptors (Lipinski definition) is 11. The first-order valence-electron chi connectivity index (χ1n) is 17.1. The average Bonchev–Trinajstić information content (AvgIpc) is 3.33. The van der Waals surface area contributed by atoms with Gasteiger partial charge in [0.2, 0.25) is 29.5 Å². The van der Waals surface area contributed by atoms with Crippen molar-refractivity contribution in [3.63, 3.8) is 0 Å². The number of imide groups is 1. The lowest BCUT2D eigenvalue weighted by Gasteiger charge is -2.31. The van der Waals surface area contributed by atoms with Crippen molar-refractivity contribution in [2.45, 2.75) is 147 Å². The molecular formula is C34H62N6O7S2. The van der Waals surface area contributed by atoms with Crippen molar-refractivity contribution >= 4 is 53.1 Å². The molecule has 49 heavy (non-hydrogen) atoms. The van der Waals surface area contributed by atoms with Gasteiger partial charge in [-0.05, 0) is 83.1 Å². The van der Waals surface area contributed by atoms with Gasteiger partial charge in [-0.3, -0.25) is 28.9 Å². The molecule has 0 aliphatic carbocycles. The molecule has 5 N–H and O–H groups in total. The van der Waals surface area contributed by atoms with Gasteiger partial charge < -0.3 is 36.0 Å². The lowest BCUT2D eigenvalue weighted by atomic mass is 10.1. The molecule has 2 heterocycles. The minimum absolute atomic E-state index is 0.0597. The summed E-state index contributed by atoms with van der Waals surface area (Å²) in [7, 11) is 0. The smallest absolute Gasteiger partial charge is 0.242 e. The molecule has 0 spiro atoms. The number of aliphatic hydroxyl groups excluding tert-OH is 1. The Hall–Kier alpha value is -1.91. The van der Waals surface area contributed by atoms with Crippen LogP contribution in [0.3, 0.4) is 0 Å². The highest BCUT2D eigenvalue weighted by Gasteiger charge is 2.41. The maximum atomic E-state index is 13.1. The summed E-state index contributed by atoms with van der Waals surface area (Å²) in [6.07, 6.45) is -0.663. The number of ether oxygens (including phenoxy) is 1. The third-order valence-corrected chi connectivity index (χ3v) is 9.87. The number of likely N-dealkylation sites (tertiary alicyclic amines) is 2. The number of thioether (sulfide) groups is 2. The van der Waals surface area contributed by atoms with Crippen molar-refractivity contribution in [2.24, 2.45) is 0 Å². The fourth-order valence-electron chi connectivity index (χ4n) is 5.34. The summed E-state index contributed by atoms with van der Waals surface area (Å²) in [4.78, 5) is 67.4. The second-order valence-electron chi connectivity index (χ2n) is 17.0. The van der Waals surface area contributed by atoms with E-state index in [1.54, 1.807) is 0 Å². The normalized spacial score (nSPS) is 22.1. The zero-order chi connectivity index (χ0) is 37.5. The van der Waals surface area contributed by atoms with Gasteiger partial charge in [0, 0.05) is 53.0 Å². The number of aliphatic hydroxyl groups is 1. The maximum Gasteiger partial charge on any atom is 0.242 e. The van der Waals surface area contributed by atoms with Crippen LogP contribution in [0, 0.1) is 0 Å². The third kappa shape index (κ3) is 15.5. The van der Waals surface area contributed by atoms with Crippen LogP contribution in [0.5, 0.6) is 0 Å². The van der Waals surface area contributed by atoms with Gasteiger partial charge in [0.15, 0.2) is 0 Å². The van der Waals surface area contributed by atoms with Crippen LogP contribution in [0.15, 0.2) is 0 Å². The molecule has 5 amide bonds. The molecule has 2 fully saturated rings. The minimum Gasteiger partial charge on any atom is -0.378 e. The molecule has 0 radical (unpaired) electrons. The van der Waals surface area contributed by atoms with Crippen LogP contribution in [-0.4, -0.2) is 133 Å². The number of rotatable bonds is 16. The number of nitrogens with zero attached hydrogens (tertiary/aromatic N) is 2. The molecule has 0 aromatic carbocycles. The summed E-state index contributed by atoms with van der Waals surface area (Å²) in [5.41, 5.74) is -1.45.